The zero-order chi connectivity index (χ0) is 20.9. The molecule has 0 atom stereocenters. The van der Waals surface area contributed by atoms with Crippen LogP contribution >= 0.6 is 15.9 Å². The Morgan fingerprint density at radius 1 is 1.25 bits per heavy atom. The van der Waals surface area contributed by atoms with Gasteiger partial charge in [0.2, 0.25) is 5.91 Å². The molecule has 1 N–H and O–H groups in total. The molecule has 28 heavy (non-hydrogen) atoms. The summed E-state index contributed by atoms with van der Waals surface area (Å²) < 4.78 is 28.3. The molecule has 0 aliphatic carbocycles. The highest BCUT2D eigenvalue weighted by Gasteiger charge is 2.31. The first-order chi connectivity index (χ1) is 13.2. The van der Waals surface area contributed by atoms with Crippen LogP contribution in [-0.2, 0) is 15.0 Å². The number of halogens is 1. The van der Waals surface area contributed by atoms with Gasteiger partial charge in [0.15, 0.2) is 0 Å². The normalized spacial score (nSPS) is 16.3. The first-order valence-electron chi connectivity index (χ1n) is 8.90. The summed E-state index contributed by atoms with van der Waals surface area (Å²) in [5.74, 6) is -0.269. The Kier molecular flexibility index (Phi) is 7.89. The van der Waals surface area contributed by atoms with Crippen molar-refractivity contribution in [1.29, 1.82) is 0 Å². The zero-order valence-electron chi connectivity index (χ0n) is 15.8. The second-order valence-electron chi connectivity index (χ2n) is 6.24. The molecule has 0 unspecified atom stereocenters. The maximum Gasteiger partial charge on any atom is 0.282 e. The second-order valence-corrected chi connectivity index (χ2v) is 9.02. The SMILES string of the molecule is CCN(CC)S(=O)(=O)N1CCN(CC(=O)Nc2ccc([N+](=O)[O-])cc2Br)CC1. The van der Waals surface area contributed by atoms with Gasteiger partial charge >= 0.3 is 0 Å². The number of nitro benzene ring substituents is 1. The zero-order valence-corrected chi connectivity index (χ0v) is 18.2. The predicted octanol–water partition coefficient (Wildman–Crippen LogP) is 1.50. The lowest BCUT2D eigenvalue weighted by atomic mass is 10.3. The number of non-ortho nitro benzene ring substituents is 1. The summed E-state index contributed by atoms with van der Waals surface area (Å²) >= 11 is 3.22. The molecule has 10 nitrogen and oxygen atoms in total. The van der Waals surface area contributed by atoms with E-state index >= 15 is 0 Å². The fraction of sp³-hybridized carbons (Fsp3) is 0.562. The van der Waals surface area contributed by atoms with E-state index < -0.39 is 15.1 Å². The maximum absolute atomic E-state index is 12.5. The maximum atomic E-state index is 12.5. The number of hydrogen-bond donors (Lipinski definition) is 1. The quantitative estimate of drug-likeness (QED) is 0.447. The Hall–Kier alpha value is -1.60. The molecule has 1 amide bonds. The standard InChI is InChI=1S/C16H24BrN5O5S/c1-3-20(4-2)28(26,27)21-9-7-19(8-10-21)12-16(23)18-15-6-5-13(22(24)25)11-14(15)17/h5-6,11H,3-4,7-10,12H2,1-2H3,(H,18,23). The van der Waals surface area contributed by atoms with E-state index in [4.69, 9.17) is 0 Å². The minimum absolute atomic E-state index is 0.0737. The molecule has 0 saturated carbocycles. The largest absolute Gasteiger partial charge is 0.324 e. The van der Waals surface area contributed by atoms with Gasteiger partial charge in [-0.2, -0.15) is 17.0 Å². The van der Waals surface area contributed by atoms with E-state index in [9.17, 15) is 23.3 Å². The fourth-order valence-electron chi connectivity index (χ4n) is 2.94. The Morgan fingerprint density at radius 3 is 2.36 bits per heavy atom. The topological polar surface area (TPSA) is 116 Å². The summed E-state index contributed by atoms with van der Waals surface area (Å²) in [4.78, 5) is 24.4. The van der Waals surface area contributed by atoms with Crippen LogP contribution in [0.3, 0.4) is 0 Å². The summed E-state index contributed by atoms with van der Waals surface area (Å²) in [7, 11) is -3.46. The minimum Gasteiger partial charge on any atom is -0.324 e. The van der Waals surface area contributed by atoms with Gasteiger partial charge in [-0.25, -0.2) is 0 Å². The van der Waals surface area contributed by atoms with Gasteiger partial charge in [0, 0.05) is 55.9 Å². The van der Waals surface area contributed by atoms with Crippen molar-refractivity contribution >= 4 is 43.4 Å². The molecule has 2 rings (SSSR count). The van der Waals surface area contributed by atoms with Gasteiger partial charge in [-0.3, -0.25) is 19.8 Å². The highest BCUT2D eigenvalue weighted by atomic mass is 79.9. The third-order valence-corrected chi connectivity index (χ3v) is 7.34. The highest BCUT2D eigenvalue weighted by Crippen LogP contribution is 2.27. The third-order valence-electron chi connectivity index (χ3n) is 4.49. The number of anilines is 1. The van der Waals surface area contributed by atoms with Crippen LogP contribution in [0.2, 0.25) is 0 Å². The summed E-state index contributed by atoms with van der Waals surface area (Å²) in [6.45, 7) is 6.13. The number of carbonyl (C=O) groups is 1. The fourth-order valence-corrected chi connectivity index (χ4v) is 5.01. The summed E-state index contributed by atoms with van der Waals surface area (Å²) in [6.07, 6.45) is 0. The van der Waals surface area contributed by atoms with Gasteiger partial charge in [0.1, 0.15) is 0 Å². The van der Waals surface area contributed by atoms with Gasteiger partial charge in [0.05, 0.1) is 17.2 Å². The van der Waals surface area contributed by atoms with Crippen molar-refractivity contribution < 1.29 is 18.1 Å². The van der Waals surface area contributed by atoms with E-state index in [1.54, 1.807) is 13.8 Å². The van der Waals surface area contributed by atoms with E-state index in [0.717, 1.165) is 0 Å². The third kappa shape index (κ3) is 5.47. The van der Waals surface area contributed by atoms with Gasteiger partial charge in [0.25, 0.3) is 15.9 Å². The van der Waals surface area contributed by atoms with Crippen molar-refractivity contribution in [3.8, 4) is 0 Å². The number of nitro groups is 1. The molecule has 1 aliphatic heterocycles. The molecule has 0 spiro atoms. The molecule has 1 aromatic rings. The Labute approximate surface area is 172 Å². The Balaban J connectivity index is 1.89. The molecule has 0 bridgehead atoms. The lowest BCUT2D eigenvalue weighted by Crippen LogP contribution is -2.54. The van der Waals surface area contributed by atoms with Crippen LogP contribution < -0.4 is 5.32 Å². The smallest absolute Gasteiger partial charge is 0.282 e. The molecule has 0 radical (unpaired) electrons. The molecule has 1 saturated heterocycles. The molecule has 0 aromatic heterocycles. The molecule has 156 valence electrons. The lowest BCUT2D eigenvalue weighted by molar-refractivity contribution is -0.384. The first-order valence-corrected chi connectivity index (χ1v) is 11.1. The van der Waals surface area contributed by atoms with E-state index in [2.05, 4.69) is 21.2 Å². The Morgan fingerprint density at radius 2 is 1.86 bits per heavy atom. The lowest BCUT2D eigenvalue weighted by Gasteiger charge is -2.35. The average Bonchev–Trinajstić information content (AvgIpc) is 2.64. The molecular formula is C16H24BrN5O5S. The number of rotatable bonds is 8. The molecule has 1 aliphatic rings. The highest BCUT2D eigenvalue weighted by molar-refractivity contribution is 9.10. The van der Waals surface area contributed by atoms with Gasteiger partial charge in [-0.15, -0.1) is 0 Å². The summed E-state index contributed by atoms with van der Waals surface area (Å²) in [5.41, 5.74) is 0.369. The number of nitrogens with zero attached hydrogens (tertiary/aromatic N) is 4. The average molecular weight is 478 g/mol. The van der Waals surface area contributed by atoms with E-state index in [0.29, 0.717) is 49.4 Å². The summed E-state index contributed by atoms with van der Waals surface area (Å²) in [5, 5.41) is 13.5. The molecule has 1 fully saturated rings. The number of carbonyl (C=O) groups excluding carboxylic acids is 1. The predicted molar refractivity (Wildman–Crippen MR) is 109 cm³/mol. The number of benzene rings is 1. The van der Waals surface area contributed by atoms with Crippen LogP contribution in [0.5, 0.6) is 0 Å². The van der Waals surface area contributed by atoms with Crippen molar-refractivity contribution in [2.24, 2.45) is 0 Å². The van der Waals surface area contributed by atoms with E-state index in [1.165, 1.54) is 26.8 Å². The summed E-state index contributed by atoms with van der Waals surface area (Å²) in [6, 6.07) is 4.11. The van der Waals surface area contributed by atoms with Crippen LogP contribution in [0.15, 0.2) is 22.7 Å². The van der Waals surface area contributed by atoms with Crippen LogP contribution in [0, 0.1) is 10.1 Å². The minimum atomic E-state index is -3.46. The van der Waals surface area contributed by atoms with Crippen LogP contribution in [-0.4, -0.2) is 78.6 Å². The number of amides is 1. The van der Waals surface area contributed by atoms with Gasteiger partial charge in [-0.1, -0.05) is 13.8 Å². The Bertz CT molecular complexity index is 823. The van der Waals surface area contributed by atoms with E-state index in [-0.39, 0.29) is 18.1 Å². The van der Waals surface area contributed by atoms with Gasteiger partial charge in [-0.05, 0) is 22.0 Å². The molecule has 1 aromatic carbocycles. The molecular weight excluding hydrogens is 454 g/mol. The second kappa shape index (κ2) is 9.74. The number of hydrogen-bond acceptors (Lipinski definition) is 6. The van der Waals surface area contributed by atoms with Crippen molar-refractivity contribution in [2.75, 3.05) is 51.1 Å². The van der Waals surface area contributed by atoms with Crippen LogP contribution in [0.4, 0.5) is 11.4 Å². The van der Waals surface area contributed by atoms with Crippen molar-refractivity contribution in [3.63, 3.8) is 0 Å². The monoisotopic (exact) mass is 477 g/mol. The molecule has 12 heteroatoms. The van der Waals surface area contributed by atoms with Crippen molar-refractivity contribution in [3.05, 3.63) is 32.8 Å². The number of nitrogens with one attached hydrogen (secondary N) is 1. The van der Waals surface area contributed by atoms with Crippen molar-refractivity contribution in [2.45, 2.75) is 13.8 Å². The molecule has 1 heterocycles. The van der Waals surface area contributed by atoms with Crippen molar-refractivity contribution in [1.82, 2.24) is 13.5 Å². The number of piperazine rings is 1. The van der Waals surface area contributed by atoms with Crippen LogP contribution in [0.1, 0.15) is 13.8 Å². The van der Waals surface area contributed by atoms with Gasteiger partial charge < -0.3 is 5.32 Å². The first kappa shape index (κ1) is 22.7. The van der Waals surface area contributed by atoms with E-state index in [1.807, 2.05) is 4.90 Å². The van der Waals surface area contributed by atoms with Crippen LogP contribution in [0.25, 0.3) is 0 Å².